The standard InChI is InChI=1S/C13H18BrNO4/c14-11-4-3-10(19-11)12(17)15-9-13(18-8-7-16)5-1-2-6-13/h3-4,16H,1-2,5-9H2,(H,15,17). The molecule has 0 bridgehead atoms. The molecule has 0 saturated heterocycles. The smallest absolute Gasteiger partial charge is 0.287 e. The molecule has 19 heavy (non-hydrogen) atoms. The first-order valence-corrected chi connectivity index (χ1v) is 7.23. The van der Waals surface area contributed by atoms with Crippen LogP contribution in [0.1, 0.15) is 36.2 Å². The number of halogens is 1. The number of hydrogen-bond donors (Lipinski definition) is 2. The lowest BCUT2D eigenvalue weighted by atomic mass is 10.0. The van der Waals surface area contributed by atoms with E-state index in [9.17, 15) is 4.79 Å². The van der Waals surface area contributed by atoms with Gasteiger partial charge in [0.25, 0.3) is 5.91 Å². The second kappa shape index (κ2) is 6.54. The van der Waals surface area contributed by atoms with Gasteiger partial charge in [-0.25, -0.2) is 0 Å². The molecule has 2 N–H and O–H groups in total. The highest BCUT2D eigenvalue weighted by Gasteiger charge is 2.35. The van der Waals surface area contributed by atoms with Gasteiger partial charge in [0.2, 0.25) is 0 Å². The molecule has 0 aromatic carbocycles. The van der Waals surface area contributed by atoms with Crippen LogP contribution >= 0.6 is 15.9 Å². The van der Waals surface area contributed by atoms with E-state index in [2.05, 4.69) is 21.2 Å². The van der Waals surface area contributed by atoms with Crippen molar-refractivity contribution in [3.8, 4) is 0 Å². The lowest BCUT2D eigenvalue weighted by molar-refractivity contribution is -0.0512. The van der Waals surface area contributed by atoms with Crippen LogP contribution in [0, 0.1) is 0 Å². The molecule has 1 aromatic heterocycles. The summed E-state index contributed by atoms with van der Waals surface area (Å²) >= 11 is 3.16. The summed E-state index contributed by atoms with van der Waals surface area (Å²) in [7, 11) is 0. The van der Waals surface area contributed by atoms with Gasteiger partial charge in [-0.2, -0.15) is 0 Å². The van der Waals surface area contributed by atoms with Crippen molar-refractivity contribution in [3.05, 3.63) is 22.6 Å². The van der Waals surface area contributed by atoms with E-state index < -0.39 is 0 Å². The molecule has 1 amide bonds. The van der Waals surface area contributed by atoms with Crippen LogP contribution in [0.3, 0.4) is 0 Å². The van der Waals surface area contributed by atoms with E-state index in [1.165, 1.54) is 0 Å². The summed E-state index contributed by atoms with van der Waals surface area (Å²) in [4.78, 5) is 11.9. The van der Waals surface area contributed by atoms with Crippen molar-refractivity contribution in [1.82, 2.24) is 5.32 Å². The highest BCUT2D eigenvalue weighted by molar-refractivity contribution is 9.10. The molecule has 1 saturated carbocycles. The number of ether oxygens (including phenoxy) is 1. The summed E-state index contributed by atoms with van der Waals surface area (Å²) in [6, 6.07) is 3.30. The van der Waals surface area contributed by atoms with Gasteiger partial charge >= 0.3 is 0 Å². The van der Waals surface area contributed by atoms with Gasteiger partial charge in [-0.15, -0.1) is 0 Å². The Kier molecular flexibility index (Phi) is 5.01. The van der Waals surface area contributed by atoms with Crippen LogP contribution < -0.4 is 5.32 Å². The highest BCUT2D eigenvalue weighted by atomic mass is 79.9. The first-order chi connectivity index (χ1) is 9.15. The average molecular weight is 332 g/mol. The summed E-state index contributed by atoms with van der Waals surface area (Å²) in [5.74, 6) is 0.0340. The van der Waals surface area contributed by atoms with Gasteiger partial charge in [0.15, 0.2) is 10.4 Å². The Bertz CT molecular complexity index is 426. The zero-order valence-electron chi connectivity index (χ0n) is 10.7. The Morgan fingerprint density at radius 3 is 2.79 bits per heavy atom. The molecule has 1 aromatic rings. The molecule has 0 aliphatic heterocycles. The minimum Gasteiger partial charge on any atom is -0.444 e. The summed E-state index contributed by atoms with van der Waals surface area (Å²) in [5, 5.41) is 11.7. The van der Waals surface area contributed by atoms with Crippen molar-refractivity contribution in [2.75, 3.05) is 19.8 Å². The van der Waals surface area contributed by atoms with E-state index >= 15 is 0 Å². The maximum atomic E-state index is 11.9. The molecular weight excluding hydrogens is 314 g/mol. The Morgan fingerprint density at radius 1 is 1.47 bits per heavy atom. The van der Waals surface area contributed by atoms with Crippen LogP contribution in [0.5, 0.6) is 0 Å². The van der Waals surface area contributed by atoms with Crippen LogP contribution in [-0.4, -0.2) is 36.4 Å². The predicted octanol–water partition coefficient (Wildman–Crippen LogP) is 2.09. The molecule has 2 rings (SSSR count). The summed E-state index contributed by atoms with van der Waals surface area (Å²) in [6.45, 7) is 0.757. The Labute approximate surface area is 120 Å². The first kappa shape index (κ1) is 14.6. The van der Waals surface area contributed by atoms with E-state index in [0.717, 1.165) is 25.7 Å². The van der Waals surface area contributed by atoms with E-state index in [1.54, 1.807) is 12.1 Å². The predicted molar refractivity (Wildman–Crippen MR) is 73.0 cm³/mol. The molecule has 1 fully saturated rings. The zero-order valence-corrected chi connectivity index (χ0v) is 12.2. The second-order valence-electron chi connectivity index (χ2n) is 4.75. The SMILES string of the molecule is O=C(NCC1(OCCO)CCCC1)c1ccc(Br)o1. The molecular formula is C13H18BrNO4. The van der Waals surface area contributed by atoms with Gasteiger partial charge in [-0.1, -0.05) is 12.8 Å². The fourth-order valence-corrected chi connectivity index (χ4v) is 2.72. The van der Waals surface area contributed by atoms with Gasteiger partial charge < -0.3 is 19.6 Å². The van der Waals surface area contributed by atoms with Gasteiger partial charge in [0.05, 0.1) is 18.8 Å². The first-order valence-electron chi connectivity index (χ1n) is 6.44. The normalized spacial score (nSPS) is 17.6. The van der Waals surface area contributed by atoms with Crippen molar-refractivity contribution in [3.63, 3.8) is 0 Å². The van der Waals surface area contributed by atoms with Crippen molar-refractivity contribution >= 4 is 21.8 Å². The van der Waals surface area contributed by atoms with E-state index in [-0.39, 0.29) is 23.9 Å². The zero-order chi connectivity index (χ0) is 13.7. The quantitative estimate of drug-likeness (QED) is 0.837. The molecule has 1 aliphatic carbocycles. The average Bonchev–Trinajstić information content (AvgIpc) is 3.03. The van der Waals surface area contributed by atoms with Gasteiger partial charge in [0, 0.05) is 6.54 Å². The molecule has 6 heteroatoms. The third-order valence-electron chi connectivity index (χ3n) is 3.38. The lowest BCUT2D eigenvalue weighted by Gasteiger charge is -2.29. The Morgan fingerprint density at radius 2 is 2.21 bits per heavy atom. The highest BCUT2D eigenvalue weighted by Crippen LogP contribution is 2.32. The lowest BCUT2D eigenvalue weighted by Crippen LogP contribution is -2.43. The van der Waals surface area contributed by atoms with E-state index in [1.807, 2.05) is 0 Å². The number of hydrogen-bond acceptors (Lipinski definition) is 4. The molecule has 0 unspecified atom stereocenters. The van der Waals surface area contributed by atoms with Crippen molar-refractivity contribution in [2.45, 2.75) is 31.3 Å². The topological polar surface area (TPSA) is 71.7 Å². The molecule has 0 spiro atoms. The largest absolute Gasteiger partial charge is 0.444 e. The Hall–Kier alpha value is -0.850. The number of aliphatic hydroxyl groups is 1. The monoisotopic (exact) mass is 331 g/mol. The molecule has 106 valence electrons. The third-order valence-corrected chi connectivity index (χ3v) is 3.81. The minimum atomic E-state index is -0.331. The number of furan rings is 1. The van der Waals surface area contributed by atoms with E-state index in [4.69, 9.17) is 14.3 Å². The maximum absolute atomic E-state index is 11.9. The van der Waals surface area contributed by atoms with Crippen molar-refractivity contribution < 1.29 is 19.1 Å². The number of amides is 1. The molecule has 0 atom stereocenters. The second-order valence-corrected chi connectivity index (χ2v) is 5.53. The molecule has 1 heterocycles. The van der Waals surface area contributed by atoms with Gasteiger partial charge in [-0.05, 0) is 40.9 Å². The molecule has 1 aliphatic rings. The van der Waals surface area contributed by atoms with Crippen LogP contribution in [-0.2, 0) is 4.74 Å². The van der Waals surface area contributed by atoms with E-state index in [0.29, 0.717) is 17.8 Å². The summed E-state index contributed by atoms with van der Waals surface area (Å²) in [5.41, 5.74) is -0.331. The van der Waals surface area contributed by atoms with Crippen LogP contribution in [0.2, 0.25) is 0 Å². The fraction of sp³-hybridized carbons (Fsp3) is 0.615. The maximum Gasteiger partial charge on any atom is 0.287 e. The summed E-state index contributed by atoms with van der Waals surface area (Å²) < 4.78 is 11.5. The van der Waals surface area contributed by atoms with Crippen molar-refractivity contribution in [1.29, 1.82) is 0 Å². The number of rotatable bonds is 6. The number of carbonyl (C=O) groups excluding carboxylic acids is 1. The van der Waals surface area contributed by atoms with Gasteiger partial charge in [0.1, 0.15) is 0 Å². The minimum absolute atomic E-state index is 0.000821. The fourth-order valence-electron chi connectivity index (χ4n) is 2.42. The van der Waals surface area contributed by atoms with Gasteiger partial charge in [-0.3, -0.25) is 4.79 Å². The molecule has 5 nitrogen and oxygen atoms in total. The Balaban J connectivity index is 1.90. The molecule has 0 radical (unpaired) electrons. The number of carbonyl (C=O) groups is 1. The van der Waals surface area contributed by atoms with Crippen LogP contribution in [0.15, 0.2) is 21.2 Å². The van der Waals surface area contributed by atoms with Crippen molar-refractivity contribution in [2.24, 2.45) is 0 Å². The number of nitrogens with one attached hydrogen (secondary N) is 1. The number of aliphatic hydroxyl groups excluding tert-OH is 1. The van der Waals surface area contributed by atoms with Crippen LogP contribution in [0.4, 0.5) is 0 Å². The third kappa shape index (κ3) is 3.81. The summed E-state index contributed by atoms with van der Waals surface area (Å²) in [6.07, 6.45) is 4.01. The van der Waals surface area contributed by atoms with Crippen LogP contribution in [0.25, 0.3) is 0 Å².